The molecule has 0 saturated carbocycles. The van der Waals surface area contributed by atoms with Crippen LogP contribution in [0.3, 0.4) is 0 Å². The summed E-state index contributed by atoms with van der Waals surface area (Å²) in [5.74, 6) is -4.80. The number of carboxylic acid groups (broad SMARTS) is 2. The van der Waals surface area contributed by atoms with E-state index in [1.54, 1.807) is 4.57 Å². The van der Waals surface area contributed by atoms with Gasteiger partial charge in [0.2, 0.25) is 5.60 Å². The van der Waals surface area contributed by atoms with E-state index in [-0.39, 0.29) is 40.3 Å². The molecule has 0 radical (unpaired) electrons. The van der Waals surface area contributed by atoms with Gasteiger partial charge in [-0.3, -0.25) is 14.5 Å². The summed E-state index contributed by atoms with van der Waals surface area (Å²) in [5, 5.41) is 46.0. The van der Waals surface area contributed by atoms with Crippen molar-refractivity contribution in [3.05, 3.63) is 40.8 Å². The number of nitrogens with one attached hydrogen (secondary N) is 1. The number of thioether (sulfide) groups is 1. The second-order valence-electron chi connectivity index (χ2n) is 9.74. The Morgan fingerprint density at radius 1 is 1.24 bits per heavy atom. The van der Waals surface area contributed by atoms with Crippen molar-refractivity contribution in [1.82, 2.24) is 24.8 Å². The van der Waals surface area contributed by atoms with Gasteiger partial charge in [0.1, 0.15) is 22.8 Å². The second kappa shape index (κ2) is 10.5. The number of carbonyl (C=O) groups excluding carboxylic acids is 2. The Hall–Kier alpha value is -4.84. The van der Waals surface area contributed by atoms with Crippen LogP contribution in [0.25, 0.3) is 11.0 Å². The van der Waals surface area contributed by atoms with Crippen molar-refractivity contribution in [3.8, 4) is 11.5 Å². The largest absolute Gasteiger partial charge is 0.504 e. The first-order valence-electron chi connectivity index (χ1n) is 12.1. The molecule has 0 aliphatic carbocycles. The van der Waals surface area contributed by atoms with E-state index in [0.717, 1.165) is 16.2 Å². The number of aliphatic carboxylic acids is 2. The van der Waals surface area contributed by atoms with Crippen LogP contribution >= 0.6 is 23.1 Å². The van der Waals surface area contributed by atoms with Crippen LogP contribution < -0.4 is 11.1 Å². The van der Waals surface area contributed by atoms with Gasteiger partial charge in [0, 0.05) is 29.8 Å². The van der Waals surface area contributed by atoms with Gasteiger partial charge in [-0.15, -0.1) is 23.1 Å². The average Bonchev–Trinajstić information content (AvgIpc) is 3.52. The highest BCUT2D eigenvalue weighted by Gasteiger charge is 2.54. The highest BCUT2D eigenvalue weighted by atomic mass is 32.2. The number of benzene rings is 1. The Balaban J connectivity index is 1.38. The highest BCUT2D eigenvalue weighted by Crippen LogP contribution is 2.41. The summed E-state index contributed by atoms with van der Waals surface area (Å²) >= 11 is 2.23. The fraction of sp³-hybridized carbons (Fsp3) is 0.292. The van der Waals surface area contributed by atoms with Gasteiger partial charge in [-0.05, 0) is 19.4 Å². The average molecular weight is 618 g/mol. The third-order valence-electron chi connectivity index (χ3n) is 6.47. The molecule has 1 saturated heterocycles. The van der Waals surface area contributed by atoms with E-state index in [1.807, 2.05) is 0 Å². The Bertz CT molecular complexity index is 1710. The molecule has 2 amide bonds. The van der Waals surface area contributed by atoms with Crippen LogP contribution in [0.2, 0.25) is 0 Å². The fourth-order valence-electron chi connectivity index (χ4n) is 4.23. The number of hydrogen-bond donors (Lipinski definition) is 6. The Labute approximate surface area is 244 Å². The van der Waals surface area contributed by atoms with Crippen molar-refractivity contribution in [3.63, 3.8) is 0 Å². The SMILES string of the molecule is CC(C)(ON=C(C(=O)NC1C(=O)N2C(C(=O)O)=C(Cn3cnc4cc(O)c(O)cc43)CS[C@@H]12)c1csc(N)n1)C(=O)O. The third kappa shape index (κ3) is 5.05. The van der Waals surface area contributed by atoms with Crippen LogP contribution in [0.15, 0.2) is 40.3 Å². The maximum atomic E-state index is 13.2. The van der Waals surface area contributed by atoms with Crippen molar-refractivity contribution in [1.29, 1.82) is 0 Å². The maximum Gasteiger partial charge on any atom is 0.352 e. The number of carbonyl (C=O) groups is 4. The van der Waals surface area contributed by atoms with Gasteiger partial charge < -0.3 is 40.9 Å². The predicted octanol–water partition coefficient (Wildman–Crippen LogP) is 0.509. The van der Waals surface area contributed by atoms with E-state index in [2.05, 4.69) is 20.4 Å². The summed E-state index contributed by atoms with van der Waals surface area (Å²) in [6.07, 6.45) is 1.42. The number of aromatic nitrogens is 3. The maximum absolute atomic E-state index is 13.2. The zero-order valence-corrected chi connectivity index (χ0v) is 23.5. The summed E-state index contributed by atoms with van der Waals surface area (Å²) in [6, 6.07) is 1.45. The monoisotopic (exact) mass is 617 g/mol. The van der Waals surface area contributed by atoms with E-state index in [1.165, 1.54) is 49.4 Å². The number of anilines is 1. The number of carboxylic acids is 2. The zero-order valence-electron chi connectivity index (χ0n) is 21.8. The molecule has 1 unspecified atom stereocenters. The van der Waals surface area contributed by atoms with Crippen LogP contribution in [0, 0.1) is 0 Å². The molecule has 4 heterocycles. The Kier molecular flexibility index (Phi) is 7.19. The minimum absolute atomic E-state index is 0.00330. The molecule has 1 aromatic carbocycles. The molecule has 5 rings (SSSR count). The minimum atomic E-state index is -1.79. The first-order chi connectivity index (χ1) is 19.8. The fourth-order valence-corrected chi connectivity index (χ4v) is 6.11. The van der Waals surface area contributed by atoms with Crippen molar-refractivity contribution < 1.29 is 44.4 Å². The van der Waals surface area contributed by atoms with Crippen LogP contribution in [0.1, 0.15) is 19.5 Å². The van der Waals surface area contributed by atoms with Gasteiger partial charge >= 0.3 is 11.9 Å². The number of fused-ring (bicyclic) bond motifs is 2. The number of phenols is 2. The number of amides is 2. The van der Waals surface area contributed by atoms with Crippen molar-refractivity contribution in [2.24, 2.45) is 5.16 Å². The molecule has 18 heteroatoms. The molecule has 0 bridgehead atoms. The molecule has 16 nitrogen and oxygen atoms in total. The van der Waals surface area contributed by atoms with Crippen LogP contribution in [0.5, 0.6) is 11.5 Å². The van der Waals surface area contributed by atoms with Gasteiger partial charge in [0.05, 0.1) is 17.4 Å². The summed E-state index contributed by atoms with van der Waals surface area (Å²) < 4.78 is 1.58. The molecule has 3 aromatic rings. The molecule has 1 fully saturated rings. The minimum Gasteiger partial charge on any atom is -0.504 e. The van der Waals surface area contributed by atoms with E-state index in [0.29, 0.717) is 16.6 Å². The van der Waals surface area contributed by atoms with Crippen LogP contribution in [0.4, 0.5) is 5.13 Å². The molecular weight excluding hydrogens is 594 g/mol. The van der Waals surface area contributed by atoms with E-state index in [4.69, 9.17) is 10.6 Å². The summed E-state index contributed by atoms with van der Waals surface area (Å²) in [6.45, 7) is 2.49. The van der Waals surface area contributed by atoms with Gasteiger partial charge in [-0.25, -0.2) is 19.6 Å². The summed E-state index contributed by atoms with van der Waals surface area (Å²) in [5.41, 5.74) is 4.43. The van der Waals surface area contributed by atoms with Gasteiger partial charge in [-0.1, -0.05) is 5.16 Å². The lowest BCUT2D eigenvalue weighted by Gasteiger charge is -2.49. The normalized spacial score (nSPS) is 19.0. The predicted molar refractivity (Wildman–Crippen MR) is 149 cm³/mol. The molecule has 42 heavy (non-hydrogen) atoms. The van der Waals surface area contributed by atoms with Crippen molar-refractivity contribution >= 4 is 68.7 Å². The van der Waals surface area contributed by atoms with Crippen molar-refractivity contribution in [2.45, 2.75) is 37.4 Å². The first-order valence-corrected chi connectivity index (χ1v) is 14.0. The molecule has 7 N–H and O–H groups in total. The molecule has 220 valence electrons. The number of nitrogens with zero attached hydrogens (tertiary/aromatic N) is 5. The van der Waals surface area contributed by atoms with Gasteiger partial charge in [-0.2, -0.15) is 0 Å². The van der Waals surface area contributed by atoms with Crippen LogP contribution in [-0.4, -0.2) is 92.1 Å². The van der Waals surface area contributed by atoms with E-state index < -0.39 is 46.5 Å². The van der Waals surface area contributed by atoms with E-state index >= 15 is 0 Å². The number of thiazole rings is 1. The number of nitrogens with two attached hydrogens (primary N) is 1. The number of aromatic hydroxyl groups is 2. The molecule has 0 spiro atoms. The Morgan fingerprint density at radius 2 is 1.95 bits per heavy atom. The lowest BCUT2D eigenvalue weighted by molar-refractivity contribution is -0.161. The molecular formula is C24H23N7O9S2. The standard InChI is InChI=1S/C24H23N7O9S2/c1-24(2,22(38)39)40-29-15(11-7-42-23(25)27-11)18(34)28-16-19(35)31-17(21(36)37)9(6-41-20(16)31)5-30-8-26-10-3-13(32)14(33)4-12(10)30/h3-4,7-8,16,20,32-33H,5-6H2,1-2H3,(H2,25,27)(H,28,34)(H,36,37)(H,38,39)/t16?,20-/m0/s1. The zero-order chi connectivity index (χ0) is 30.5. The molecule has 2 aliphatic heterocycles. The lowest BCUT2D eigenvalue weighted by Crippen LogP contribution is -2.71. The number of hydrogen-bond acceptors (Lipinski definition) is 13. The topological polar surface area (TPSA) is 243 Å². The van der Waals surface area contributed by atoms with Crippen LogP contribution in [-0.2, 0) is 30.6 Å². The molecule has 2 atom stereocenters. The number of oxime groups is 1. The summed E-state index contributed by atoms with van der Waals surface area (Å²) in [4.78, 5) is 64.5. The first kappa shape index (κ1) is 28.7. The number of rotatable bonds is 9. The molecule has 2 aliphatic rings. The number of β-lactam (4-membered cyclic amide) rings is 1. The quantitative estimate of drug-likeness (QED) is 0.0831. The number of phenolic OH excluding ortho intramolecular Hbond substituents is 2. The van der Waals surface area contributed by atoms with Gasteiger partial charge in [0.15, 0.2) is 22.3 Å². The highest BCUT2D eigenvalue weighted by molar-refractivity contribution is 8.00. The number of imidazole rings is 1. The van der Waals surface area contributed by atoms with Crippen molar-refractivity contribution in [2.75, 3.05) is 11.5 Å². The smallest absolute Gasteiger partial charge is 0.352 e. The van der Waals surface area contributed by atoms with E-state index in [9.17, 15) is 39.6 Å². The van der Waals surface area contributed by atoms with Gasteiger partial charge in [0.25, 0.3) is 11.8 Å². The summed E-state index contributed by atoms with van der Waals surface area (Å²) in [7, 11) is 0. The second-order valence-corrected chi connectivity index (χ2v) is 11.7. The molecule has 2 aromatic heterocycles. The lowest BCUT2D eigenvalue weighted by atomic mass is 10.0. The third-order valence-corrected chi connectivity index (χ3v) is 8.49. The Morgan fingerprint density at radius 3 is 2.60 bits per heavy atom. The number of nitrogen functional groups attached to an aromatic ring is 1.